The number of ether oxygens (including phenoxy) is 1. The minimum absolute atomic E-state index is 0.0209. The maximum atomic E-state index is 13.3. The van der Waals surface area contributed by atoms with Gasteiger partial charge in [0.1, 0.15) is 23.0 Å². The highest BCUT2D eigenvalue weighted by Gasteiger charge is 2.32. The van der Waals surface area contributed by atoms with Crippen LogP contribution in [-0.2, 0) is 6.18 Å². The summed E-state index contributed by atoms with van der Waals surface area (Å²) in [6, 6.07) is 5.27. The summed E-state index contributed by atoms with van der Waals surface area (Å²) in [7, 11) is 0. The van der Waals surface area contributed by atoms with Gasteiger partial charge in [0.15, 0.2) is 6.29 Å². The maximum absolute atomic E-state index is 13.3. The lowest BCUT2D eigenvalue weighted by molar-refractivity contribution is -0.141. The smallest absolute Gasteiger partial charge is 0.433 e. The quantitative estimate of drug-likeness (QED) is 0.635. The van der Waals surface area contributed by atoms with Crippen LogP contribution in [0.25, 0.3) is 0 Å². The van der Waals surface area contributed by atoms with Gasteiger partial charge < -0.3 is 4.74 Å². The highest BCUT2D eigenvalue weighted by Crippen LogP contribution is 2.31. The van der Waals surface area contributed by atoms with Gasteiger partial charge in [-0.3, -0.25) is 9.78 Å². The molecule has 0 bridgehead atoms. The summed E-state index contributed by atoms with van der Waals surface area (Å²) in [6.07, 6.45) is -3.33. The monoisotopic (exact) mass is 285 g/mol. The molecule has 0 aliphatic carbocycles. The lowest BCUT2D eigenvalue weighted by Crippen LogP contribution is -2.07. The fourth-order valence-corrected chi connectivity index (χ4v) is 1.43. The highest BCUT2D eigenvalue weighted by molar-refractivity contribution is 5.75. The third kappa shape index (κ3) is 3.11. The van der Waals surface area contributed by atoms with Crippen molar-refractivity contribution in [1.82, 2.24) is 4.98 Å². The summed E-state index contributed by atoms with van der Waals surface area (Å²) in [5, 5.41) is 0. The molecule has 0 radical (unpaired) electrons. The molecule has 0 saturated carbocycles. The highest BCUT2D eigenvalue weighted by atomic mass is 19.4. The molecule has 2 rings (SSSR count). The molecule has 0 aliphatic heterocycles. The van der Waals surface area contributed by atoms with Crippen LogP contribution in [0.4, 0.5) is 17.6 Å². The van der Waals surface area contributed by atoms with Crippen molar-refractivity contribution in [3.63, 3.8) is 0 Å². The first-order chi connectivity index (χ1) is 9.40. The fraction of sp³-hybridized carbons (Fsp3) is 0.0769. The number of halogens is 4. The molecule has 1 aromatic heterocycles. The zero-order valence-corrected chi connectivity index (χ0v) is 9.82. The Balaban J connectivity index is 2.26. The molecule has 0 fully saturated rings. The molecule has 0 unspecified atom stereocenters. The van der Waals surface area contributed by atoms with Gasteiger partial charge in [-0.2, -0.15) is 13.2 Å². The molecule has 2 aromatic rings. The molecular formula is C13H7F4NO2. The molecular weight excluding hydrogens is 278 g/mol. The Kier molecular flexibility index (Phi) is 3.69. The number of carbonyl (C=O) groups is 1. The molecule has 20 heavy (non-hydrogen) atoms. The van der Waals surface area contributed by atoms with E-state index in [0.717, 1.165) is 12.3 Å². The Hall–Kier alpha value is -2.44. The van der Waals surface area contributed by atoms with E-state index in [1.54, 1.807) is 0 Å². The van der Waals surface area contributed by atoms with Crippen molar-refractivity contribution in [3.05, 3.63) is 53.6 Å². The molecule has 0 aliphatic rings. The second-order valence-electron chi connectivity index (χ2n) is 3.78. The first-order valence-corrected chi connectivity index (χ1v) is 5.36. The minimum Gasteiger partial charge on any atom is -0.457 e. The van der Waals surface area contributed by atoms with Crippen LogP contribution < -0.4 is 4.74 Å². The van der Waals surface area contributed by atoms with E-state index < -0.39 is 17.7 Å². The molecule has 0 atom stereocenters. The van der Waals surface area contributed by atoms with Crippen LogP contribution in [0.5, 0.6) is 11.5 Å². The fourth-order valence-electron chi connectivity index (χ4n) is 1.43. The second kappa shape index (κ2) is 5.28. The summed E-state index contributed by atoms with van der Waals surface area (Å²) < 4.78 is 55.8. The number of rotatable bonds is 3. The number of hydrogen-bond acceptors (Lipinski definition) is 3. The third-order valence-corrected chi connectivity index (χ3v) is 2.36. The summed E-state index contributed by atoms with van der Waals surface area (Å²) in [4.78, 5) is 13.6. The van der Waals surface area contributed by atoms with Gasteiger partial charge >= 0.3 is 6.18 Å². The van der Waals surface area contributed by atoms with Gasteiger partial charge in [0.2, 0.25) is 0 Å². The van der Waals surface area contributed by atoms with Crippen LogP contribution >= 0.6 is 0 Å². The zero-order valence-electron chi connectivity index (χ0n) is 9.82. The first kappa shape index (κ1) is 14.0. The van der Waals surface area contributed by atoms with Gasteiger partial charge in [-0.05, 0) is 18.2 Å². The molecule has 0 amide bonds. The predicted molar refractivity (Wildman–Crippen MR) is 61.1 cm³/mol. The lowest BCUT2D eigenvalue weighted by atomic mass is 10.2. The summed E-state index contributed by atoms with van der Waals surface area (Å²) in [6.45, 7) is 0. The maximum Gasteiger partial charge on any atom is 0.433 e. The second-order valence-corrected chi connectivity index (χ2v) is 3.78. The number of aromatic nitrogens is 1. The Labute approximate surface area is 110 Å². The Morgan fingerprint density at radius 1 is 1.10 bits per heavy atom. The number of carbonyl (C=O) groups excluding carboxylic acids is 1. The van der Waals surface area contributed by atoms with Crippen LogP contribution in [0.15, 0.2) is 36.5 Å². The van der Waals surface area contributed by atoms with Gasteiger partial charge in [0.05, 0.1) is 5.56 Å². The number of hydrogen-bond donors (Lipinski definition) is 0. The van der Waals surface area contributed by atoms with E-state index in [0.29, 0.717) is 12.4 Å². The normalized spacial score (nSPS) is 11.2. The molecule has 104 valence electrons. The van der Waals surface area contributed by atoms with Crippen LogP contribution in [-0.4, -0.2) is 11.3 Å². The average Bonchev–Trinajstić information content (AvgIpc) is 2.38. The number of aldehydes is 1. The Morgan fingerprint density at radius 2 is 1.80 bits per heavy atom. The SMILES string of the molecule is O=Cc1ccc(Oc2ccnc(C(F)(F)F)c2)cc1F. The van der Waals surface area contributed by atoms with E-state index in [2.05, 4.69) is 4.98 Å². The summed E-state index contributed by atoms with van der Waals surface area (Å²) in [5.41, 5.74) is -1.27. The van der Waals surface area contributed by atoms with Crippen LogP contribution in [0, 0.1) is 5.82 Å². The van der Waals surface area contributed by atoms with Gasteiger partial charge in [-0.25, -0.2) is 4.39 Å². The number of pyridine rings is 1. The number of benzene rings is 1. The summed E-state index contributed by atoms with van der Waals surface area (Å²) >= 11 is 0. The Morgan fingerprint density at radius 3 is 2.40 bits per heavy atom. The van der Waals surface area contributed by atoms with Gasteiger partial charge in [0, 0.05) is 18.3 Å². The van der Waals surface area contributed by atoms with Crippen molar-refractivity contribution in [2.45, 2.75) is 6.18 Å². The van der Waals surface area contributed by atoms with Gasteiger partial charge in [-0.15, -0.1) is 0 Å². The van der Waals surface area contributed by atoms with Crippen LogP contribution in [0.3, 0.4) is 0 Å². The van der Waals surface area contributed by atoms with Crippen molar-refractivity contribution < 1.29 is 27.1 Å². The lowest BCUT2D eigenvalue weighted by Gasteiger charge is -2.09. The van der Waals surface area contributed by atoms with E-state index in [1.165, 1.54) is 18.2 Å². The molecule has 0 spiro atoms. The molecule has 1 aromatic carbocycles. The number of nitrogens with zero attached hydrogens (tertiary/aromatic N) is 1. The van der Waals surface area contributed by atoms with Crippen LogP contribution in [0.1, 0.15) is 16.1 Å². The van der Waals surface area contributed by atoms with Crippen molar-refractivity contribution in [2.24, 2.45) is 0 Å². The predicted octanol–water partition coefficient (Wildman–Crippen LogP) is 3.84. The standard InChI is InChI=1S/C13H7F4NO2/c14-11-5-9(2-1-8(11)7-19)20-10-3-4-18-12(6-10)13(15,16)17/h1-7H. The van der Waals surface area contributed by atoms with Gasteiger partial charge in [-0.1, -0.05) is 0 Å². The largest absolute Gasteiger partial charge is 0.457 e. The average molecular weight is 285 g/mol. The van der Waals surface area contributed by atoms with E-state index in [4.69, 9.17) is 4.74 Å². The van der Waals surface area contributed by atoms with Crippen molar-refractivity contribution >= 4 is 6.29 Å². The summed E-state index contributed by atoms with van der Waals surface area (Å²) in [5.74, 6) is -0.972. The van der Waals surface area contributed by atoms with E-state index >= 15 is 0 Å². The molecule has 0 saturated heterocycles. The zero-order chi connectivity index (χ0) is 14.8. The van der Waals surface area contributed by atoms with E-state index in [-0.39, 0.29) is 17.1 Å². The topological polar surface area (TPSA) is 39.2 Å². The van der Waals surface area contributed by atoms with Crippen molar-refractivity contribution in [1.29, 1.82) is 0 Å². The Bertz CT molecular complexity index is 641. The molecule has 3 nitrogen and oxygen atoms in total. The van der Waals surface area contributed by atoms with Crippen molar-refractivity contribution in [3.8, 4) is 11.5 Å². The minimum atomic E-state index is -4.59. The third-order valence-electron chi connectivity index (χ3n) is 2.36. The van der Waals surface area contributed by atoms with Crippen molar-refractivity contribution in [2.75, 3.05) is 0 Å². The molecule has 1 heterocycles. The van der Waals surface area contributed by atoms with Crippen LogP contribution in [0.2, 0.25) is 0 Å². The first-order valence-electron chi connectivity index (χ1n) is 5.36. The van der Waals surface area contributed by atoms with E-state index in [1.807, 2.05) is 0 Å². The molecule has 0 N–H and O–H groups in total. The number of alkyl halides is 3. The van der Waals surface area contributed by atoms with E-state index in [9.17, 15) is 22.4 Å². The molecule has 7 heteroatoms. The van der Waals surface area contributed by atoms with Gasteiger partial charge in [0.25, 0.3) is 0 Å².